The van der Waals surface area contributed by atoms with Crippen LogP contribution in [0.4, 0.5) is 5.69 Å². The molecule has 28 heavy (non-hydrogen) atoms. The molecule has 0 radical (unpaired) electrons. The molecule has 4 N–H and O–H groups in total. The molecule has 1 aliphatic rings. The van der Waals surface area contributed by atoms with Gasteiger partial charge in [0.15, 0.2) is 0 Å². The maximum absolute atomic E-state index is 12.0. The number of methoxy groups -OCH3 is 1. The van der Waals surface area contributed by atoms with E-state index in [0.717, 1.165) is 41.7 Å². The number of fused-ring (bicyclic) bond motifs is 1. The minimum Gasteiger partial charge on any atom is -0.497 e. The monoisotopic (exact) mass is 380 g/mol. The van der Waals surface area contributed by atoms with Crippen LogP contribution in [0.3, 0.4) is 0 Å². The molecule has 7 heteroatoms. The molecule has 1 aliphatic carbocycles. The summed E-state index contributed by atoms with van der Waals surface area (Å²) in [6.45, 7) is 1.82. The zero-order chi connectivity index (χ0) is 19.9. The van der Waals surface area contributed by atoms with Gasteiger partial charge in [0.25, 0.3) is 5.91 Å². The normalized spacial score (nSPS) is 21.8. The first-order valence-corrected chi connectivity index (χ1v) is 9.33. The molecule has 0 unspecified atom stereocenters. The lowest BCUT2D eigenvalue weighted by molar-refractivity contribution is 0.0578. The van der Waals surface area contributed by atoms with E-state index in [4.69, 9.17) is 10.5 Å². The second-order valence-corrected chi connectivity index (χ2v) is 7.53. The van der Waals surface area contributed by atoms with Crippen molar-refractivity contribution >= 4 is 17.1 Å². The highest BCUT2D eigenvalue weighted by Gasteiger charge is 2.37. The van der Waals surface area contributed by atoms with Gasteiger partial charge in [-0.2, -0.15) is 5.10 Å². The molecule has 4 rings (SSSR count). The SMILES string of the molecule is COc1ccc(-c2cc3c(N[C@@H]4CCC[C@@]4(C)O)c(C(N)=O)cnn3c2)cc1. The Morgan fingerprint density at radius 1 is 1.36 bits per heavy atom. The molecule has 2 heterocycles. The average Bonchev–Trinajstić information content (AvgIpc) is 3.25. The third-order valence-corrected chi connectivity index (χ3v) is 5.57. The highest BCUT2D eigenvalue weighted by molar-refractivity contribution is 6.02. The van der Waals surface area contributed by atoms with Gasteiger partial charge in [-0.15, -0.1) is 0 Å². The zero-order valence-electron chi connectivity index (χ0n) is 16.0. The number of carbonyl (C=O) groups excluding carboxylic acids is 1. The molecule has 1 amide bonds. The highest BCUT2D eigenvalue weighted by Crippen LogP contribution is 2.35. The summed E-state index contributed by atoms with van der Waals surface area (Å²) < 4.78 is 6.94. The lowest BCUT2D eigenvalue weighted by Gasteiger charge is -2.28. The second-order valence-electron chi connectivity index (χ2n) is 7.53. The molecule has 2 aromatic heterocycles. The first-order chi connectivity index (χ1) is 13.4. The van der Waals surface area contributed by atoms with Crippen molar-refractivity contribution in [3.63, 3.8) is 0 Å². The fraction of sp³-hybridized carbons (Fsp3) is 0.333. The molecular weight excluding hydrogens is 356 g/mol. The minimum absolute atomic E-state index is 0.156. The number of benzene rings is 1. The lowest BCUT2D eigenvalue weighted by Crippen LogP contribution is -2.40. The molecule has 146 valence electrons. The summed E-state index contributed by atoms with van der Waals surface area (Å²) >= 11 is 0. The van der Waals surface area contributed by atoms with Gasteiger partial charge in [0.1, 0.15) is 5.75 Å². The highest BCUT2D eigenvalue weighted by atomic mass is 16.5. The van der Waals surface area contributed by atoms with Gasteiger partial charge in [0.05, 0.1) is 41.7 Å². The number of aromatic nitrogens is 2. The van der Waals surface area contributed by atoms with Gasteiger partial charge in [0.2, 0.25) is 0 Å². The second kappa shape index (κ2) is 6.83. The molecule has 1 fully saturated rings. The van der Waals surface area contributed by atoms with Crippen LogP contribution in [0.15, 0.2) is 42.7 Å². The fourth-order valence-electron chi connectivity index (χ4n) is 3.89. The first-order valence-electron chi connectivity index (χ1n) is 9.33. The minimum atomic E-state index is -0.833. The molecule has 1 aromatic carbocycles. The van der Waals surface area contributed by atoms with Crippen molar-refractivity contribution in [1.29, 1.82) is 0 Å². The standard InChI is InChI=1S/C21H24N4O3/c1-21(27)9-3-4-18(21)24-19-16(20(22)26)11-23-25-12-14(10-17(19)25)13-5-7-15(28-2)8-6-13/h5-8,10-12,18,24,27H,3-4,9H2,1-2H3,(H2,22,26)/t18-,21-/m1/s1. The van der Waals surface area contributed by atoms with Gasteiger partial charge in [-0.3, -0.25) is 4.79 Å². The Morgan fingerprint density at radius 3 is 2.71 bits per heavy atom. The number of amides is 1. The molecule has 0 spiro atoms. The number of aliphatic hydroxyl groups is 1. The van der Waals surface area contributed by atoms with Gasteiger partial charge in [-0.1, -0.05) is 12.1 Å². The zero-order valence-corrected chi connectivity index (χ0v) is 16.0. The summed E-state index contributed by atoms with van der Waals surface area (Å²) in [4.78, 5) is 12.0. The van der Waals surface area contributed by atoms with E-state index in [1.54, 1.807) is 11.6 Å². The number of ether oxygens (including phenoxy) is 1. The van der Waals surface area contributed by atoms with Crippen molar-refractivity contribution in [2.24, 2.45) is 5.73 Å². The van der Waals surface area contributed by atoms with Crippen molar-refractivity contribution < 1.29 is 14.6 Å². The summed E-state index contributed by atoms with van der Waals surface area (Å²) in [6, 6.07) is 9.54. The van der Waals surface area contributed by atoms with Crippen LogP contribution in [0.5, 0.6) is 5.75 Å². The van der Waals surface area contributed by atoms with Crippen LogP contribution in [0.25, 0.3) is 16.6 Å². The third kappa shape index (κ3) is 3.18. The Labute approximate surface area is 163 Å². The number of carbonyl (C=O) groups is 1. The Bertz CT molecular complexity index is 1020. The van der Waals surface area contributed by atoms with Gasteiger partial charge in [-0.25, -0.2) is 4.52 Å². The maximum atomic E-state index is 12.0. The van der Waals surface area contributed by atoms with Gasteiger partial charge >= 0.3 is 0 Å². The Kier molecular flexibility index (Phi) is 4.47. The van der Waals surface area contributed by atoms with E-state index in [2.05, 4.69) is 10.4 Å². The predicted molar refractivity (Wildman–Crippen MR) is 108 cm³/mol. The Hall–Kier alpha value is -3.06. The van der Waals surface area contributed by atoms with E-state index in [1.807, 2.05) is 43.5 Å². The molecule has 0 saturated heterocycles. The number of hydrogen-bond acceptors (Lipinski definition) is 5. The van der Waals surface area contributed by atoms with E-state index >= 15 is 0 Å². The molecular formula is C21H24N4O3. The number of primary amides is 1. The predicted octanol–water partition coefficient (Wildman–Crippen LogP) is 2.82. The van der Waals surface area contributed by atoms with Gasteiger partial charge in [0, 0.05) is 11.8 Å². The van der Waals surface area contributed by atoms with E-state index < -0.39 is 11.5 Å². The van der Waals surface area contributed by atoms with Crippen LogP contribution < -0.4 is 15.8 Å². The molecule has 3 aromatic rings. The average molecular weight is 380 g/mol. The number of nitrogens with zero attached hydrogens (tertiary/aromatic N) is 2. The molecule has 7 nitrogen and oxygen atoms in total. The third-order valence-electron chi connectivity index (χ3n) is 5.57. The molecule has 0 bridgehead atoms. The van der Waals surface area contributed by atoms with Crippen LogP contribution >= 0.6 is 0 Å². The van der Waals surface area contributed by atoms with Crippen LogP contribution in [-0.2, 0) is 0 Å². The molecule has 0 aliphatic heterocycles. The molecule has 2 atom stereocenters. The van der Waals surface area contributed by atoms with Gasteiger partial charge < -0.3 is 20.9 Å². The van der Waals surface area contributed by atoms with Crippen molar-refractivity contribution in [1.82, 2.24) is 9.61 Å². The smallest absolute Gasteiger partial charge is 0.252 e. The number of hydrogen-bond donors (Lipinski definition) is 3. The largest absolute Gasteiger partial charge is 0.497 e. The van der Waals surface area contributed by atoms with Crippen LogP contribution in [-0.4, -0.2) is 39.4 Å². The number of rotatable bonds is 5. The van der Waals surface area contributed by atoms with Crippen molar-refractivity contribution in [2.75, 3.05) is 12.4 Å². The van der Waals surface area contributed by atoms with Crippen molar-refractivity contribution in [3.05, 3.63) is 48.3 Å². The van der Waals surface area contributed by atoms with E-state index in [9.17, 15) is 9.90 Å². The van der Waals surface area contributed by atoms with E-state index in [-0.39, 0.29) is 6.04 Å². The van der Waals surface area contributed by atoms with Crippen molar-refractivity contribution in [2.45, 2.75) is 37.8 Å². The maximum Gasteiger partial charge on any atom is 0.252 e. The number of nitrogens with one attached hydrogen (secondary N) is 1. The Morgan fingerprint density at radius 2 is 2.11 bits per heavy atom. The van der Waals surface area contributed by atoms with Gasteiger partial charge in [-0.05, 0) is 49.9 Å². The van der Waals surface area contributed by atoms with Crippen LogP contribution in [0.2, 0.25) is 0 Å². The first kappa shape index (κ1) is 18.3. The van der Waals surface area contributed by atoms with Crippen LogP contribution in [0.1, 0.15) is 36.5 Å². The quantitative estimate of drug-likeness (QED) is 0.632. The topological polar surface area (TPSA) is 102 Å². The summed E-state index contributed by atoms with van der Waals surface area (Å²) in [5.41, 5.74) is 8.38. The van der Waals surface area contributed by atoms with E-state index in [1.165, 1.54) is 6.20 Å². The summed E-state index contributed by atoms with van der Waals surface area (Å²) in [5, 5.41) is 18.4. The Balaban J connectivity index is 1.80. The summed E-state index contributed by atoms with van der Waals surface area (Å²) in [7, 11) is 1.63. The molecule has 1 saturated carbocycles. The van der Waals surface area contributed by atoms with E-state index in [0.29, 0.717) is 11.3 Å². The van der Waals surface area contributed by atoms with Crippen LogP contribution in [0, 0.1) is 0 Å². The van der Waals surface area contributed by atoms with Crippen molar-refractivity contribution in [3.8, 4) is 16.9 Å². The lowest BCUT2D eigenvalue weighted by atomic mass is 10.00. The summed E-state index contributed by atoms with van der Waals surface area (Å²) in [6.07, 6.45) is 5.84. The summed E-state index contributed by atoms with van der Waals surface area (Å²) in [5.74, 6) is 0.231. The number of anilines is 1. The number of nitrogens with two attached hydrogens (primary N) is 1. The fourth-order valence-corrected chi connectivity index (χ4v) is 3.89.